The monoisotopic (exact) mass is 380 g/mol. The van der Waals surface area contributed by atoms with E-state index in [-0.39, 0.29) is 10.8 Å². The van der Waals surface area contributed by atoms with Crippen molar-refractivity contribution < 1.29 is 14.3 Å². The maximum Gasteiger partial charge on any atom is 0.522 e. The SMILES string of the molecule is CC1(c2cccnc2OC(=O)Oc2ncccc2C2(C)CCCC2)CCCC1. The molecule has 0 spiro atoms. The summed E-state index contributed by atoms with van der Waals surface area (Å²) in [6.45, 7) is 4.43. The Hall–Kier alpha value is -2.43. The fraction of sp³-hybridized carbons (Fsp3) is 0.522. The Morgan fingerprint density at radius 3 is 1.57 bits per heavy atom. The van der Waals surface area contributed by atoms with Crippen molar-refractivity contribution in [1.29, 1.82) is 0 Å². The van der Waals surface area contributed by atoms with Crippen LogP contribution in [0.25, 0.3) is 0 Å². The first-order valence-electron chi connectivity index (χ1n) is 10.3. The molecule has 2 fully saturated rings. The number of pyridine rings is 2. The summed E-state index contributed by atoms with van der Waals surface area (Å²) in [4.78, 5) is 21.2. The first kappa shape index (κ1) is 18.9. The van der Waals surface area contributed by atoms with Gasteiger partial charge in [-0.1, -0.05) is 51.7 Å². The second-order valence-electron chi connectivity index (χ2n) is 8.70. The maximum atomic E-state index is 12.6. The highest BCUT2D eigenvalue weighted by Gasteiger charge is 2.36. The van der Waals surface area contributed by atoms with Crippen LogP contribution in [0.3, 0.4) is 0 Å². The molecular weight excluding hydrogens is 352 g/mol. The van der Waals surface area contributed by atoms with Crippen LogP contribution >= 0.6 is 0 Å². The lowest BCUT2D eigenvalue weighted by Gasteiger charge is -2.26. The number of hydrogen-bond acceptors (Lipinski definition) is 5. The third kappa shape index (κ3) is 3.62. The molecule has 0 aromatic carbocycles. The third-order valence-corrected chi connectivity index (χ3v) is 6.62. The molecular formula is C23H28N2O3. The van der Waals surface area contributed by atoms with Gasteiger partial charge >= 0.3 is 6.16 Å². The molecule has 0 atom stereocenters. The van der Waals surface area contributed by atoms with Gasteiger partial charge in [-0.3, -0.25) is 0 Å². The van der Waals surface area contributed by atoms with Crippen molar-refractivity contribution in [2.45, 2.75) is 76.0 Å². The van der Waals surface area contributed by atoms with E-state index >= 15 is 0 Å². The zero-order valence-electron chi connectivity index (χ0n) is 16.7. The van der Waals surface area contributed by atoms with Gasteiger partial charge in [0.1, 0.15) is 0 Å². The van der Waals surface area contributed by atoms with Gasteiger partial charge in [0.05, 0.1) is 0 Å². The van der Waals surface area contributed by atoms with Crippen molar-refractivity contribution in [2.24, 2.45) is 0 Å². The molecule has 0 saturated heterocycles. The van der Waals surface area contributed by atoms with Gasteiger partial charge in [-0.05, 0) is 48.6 Å². The molecule has 2 aliphatic rings. The summed E-state index contributed by atoms with van der Waals surface area (Å²) in [5.74, 6) is 0.697. The lowest BCUT2D eigenvalue weighted by molar-refractivity contribution is 0.145. The number of carbonyl (C=O) groups is 1. The molecule has 0 amide bonds. The molecule has 2 aromatic rings. The number of ether oxygens (including phenoxy) is 2. The van der Waals surface area contributed by atoms with Gasteiger partial charge in [-0.25, -0.2) is 14.8 Å². The molecule has 148 valence electrons. The van der Waals surface area contributed by atoms with Crippen molar-refractivity contribution in [3.05, 3.63) is 47.8 Å². The molecule has 28 heavy (non-hydrogen) atoms. The lowest BCUT2D eigenvalue weighted by atomic mass is 9.81. The van der Waals surface area contributed by atoms with E-state index in [1.165, 1.54) is 25.7 Å². The smallest absolute Gasteiger partial charge is 0.375 e. The molecule has 0 radical (unpaired) electrons. The molecule has 0 N–H and O–H groups in total. The van der Waals surface area contributed by atoms with Crippen LogP contribution in [0, 0.1) is 0 Å². The van der Waals surface area contributed by atoms with E-state index in [1.54, 1.807) is 12.4 Å². The Morgan fingerprint density at radius 1 is 0.786 bits per heavy atom. The van der Waals surface area contributed by atoms with Crippen LogP contribution in [0.4, 0.5) is 4.79 Å². The zero-order chi connectivity index (χ0) is 19.6. The van der Waals surface area contributed by atoms with Crippen LogP contribution in [0.15, 0.2) is 36.7 Å². The number of rotatable bonds is 4. The van der Waals surface area contributed by atoms with E-state index < -0.39 is 6.16 Å². The van der Waals surface area contributed by atoms with Crippen LogP contribution in [-0.4, -0.2) is 16.1 Å². The molecule has 2 saturated carbocycles. The Morgan fingerprint density at radius 2 is 1.18 bits per heavy atom. The summed E-state index contributed by atoms with van der Waals surface area (Å²) in [5, 5.41) is 0. The van der Waals surface area contributed by atoms with Crippen molar-refractivity contribution >= 4 is 6.16 Å². The fourth-order valence-electron chi connectivity index (χ4n) is 4.89. The van der Waals surface area contributed by atoms with Gasteiger partial charge in [0.15, 0.2) is 0 Å². The van der Waals surface area contributed by atoms with Gasteiger partial charge in [-0.15, -0.1) is 0 Å². The summed E-state index contributed by atoms with van der Waals surface area (Å²) < 4.78 is 11.1. The number of carbonyl (C=O) groups excluding carboxylic acids is 1. The zero-order valence-corrected chi connectivity index (χ0v) is 16.7. The summed E-state index contributed by atoms with van der Waals surface area (Å²) in [5.41, 5.74) is 1.95. The van der Waals surface area contributed by atoms with Crippen LogP contribution < -0.4 is 9.47 Å². The van der Waals surface area contributed by atoms with E-state index in [4.69, 9.17) is 9.47 Å². The van der Waals surface area contributed by atoms with E-state index in [9.17, 15) is 4.79 Å². The van der Waals surface area contributed by atoms with Crippen LogP contribution in [0.2, 0.25) is 0 Å². The Labute approximate surface area is 166 Å². The van der Waals surface area contributed by atoms with Crippen molar-refractivity contribution in [3.63, 3.8) is 0 Å². The van der Waals surface area contributed by atoms with E-state index in [0.717, 1.165) is 36.8 Å². The third-order valence-electron chi connectivity index (χ3n) is 6.62. The van der Waals surface area contributed by atoms with E-state index in [0.29, 0.717) is 11.8 Å². The van der Waals surface area contributed by atoms with Gasteiger partial charge in [0, 0.05) is 23.5 Å². The highest BCUT2D eigenvalue weighted by atomic mass is 16.7. The standard InChI is InChI=1S/C23H28N2O3/c1-22(11-3-4-12-22)17-9-7-15-24-19(17)27-21(26)28-20-18(10-8-16-25-20)23(2)13-5-6-14-23/h7-10,15-16H,3-6,11-14H2,1-2H3. The molecule has 4 rings (SSSR count). The molecule has 5 heteroatoms. The first-order chi connectivity index (χ1) is 13.5. The average Bonchev–Trinajstić information content (AvgIpc) is 3.32. The summed E-state index contributed by atoms with van der Waals surface area (Å²) in [6, 6.07) is 7.81. The number of nitrogens with zero attached hydrogens (tertiary/aromatic N) is 2. The van der Waals surface area contributed by atoms with Crippen molar-refractivity contribution in [2.75, 3.05) is 0 Å². The second kappa shape index (κ2) is 7.53. The molecule has 2 heterocycles. The number of aromatic nitrogens is 2. The van der Waals surface area contributed by atoms with Crippen LogP contribution in [0.1, 0.15) is 76.3 Å². The summed E-state index contributed by atoms with van der Waals surface area (Å²) >= 11 is 0. The minimum Gasteiger partial charge on any atom is -0.375 e. The Bertz CT molecular complexity index is 783. The van der Waals surface area contributed by atoms with E-state index in [1.807, 2.05) is 24.3 Å². The maximum absolute atomic E-state index is 12.6. The first-order valence-corrected chi connectivity index (χ1v) is 10.3. The lowest BCUT2D eigenvalue weighted by Crippen LogP contribution is -2.24. The van der Waals surface area contributed by atoms with Gasteiger partial charge in [0.2, 0.25) is 11.8 Å². The minimum absolute atomic E-state index is 0.00262. The average molecular weight is 380 g/mol. The quantitative estimate of drug-likeness (QED) is 0.635. The molecule has 5 nitrogen and oxygen atoms in total. The van der Waals surface area contributed by atoms with Gasteiger partial charge in [0.25, 0.3) is 0 Å². The highest BCUT2D eigenvalue weighted by Crippen LogP contribution is 2.45. The second-order valence-corrected chi connectivity index (χ2v) is 8.70. The molecule has 0 aliphatic heterocycles. The Balaban J connectivity index is 1.54. The van der Waals surface area contributed by atoms with Crippen LogP contribution in [0.5, 0.6) is 11.8 Å². The molecule has 0 unspecified atom stereocenters. The van der Waals surface area contributed by atoms with Crippen LogP contribution in [-0.2, 0) is 10.8 Å². The van der Waals surface area contributed by atoms with Gasteiger partial charge < -0.3 is 9.47 Å². The summed E-state index contributed by atoms with van der Waals surface area (Å²) in [6.07, 6.45) is 11.6. The normalized spacial score (nSPS) is 20.1. The largest absolute Gasteiger partial charge is 0.522 e. The minimum atomic E-state index is -0.775. The predicted molar refractivity (Wildman–Crippen MR) is 107 cm³/mol. The number of hydrogen-bond donors (Lipinski definition) is 0. The summed E-state index contributed by atoms with van der Waals surface area (Å²) in [7, 11) is 0. The molecule has 2 aliphatic carbocycles. The topological polar surface area (TPSA) is 61.3 Å². The molecule has 0 bridgehead atoms. The Kier molecular flexibility index (Phi) is 5.09. The van der Waals surface area contributed by atoms with Gasteiger partial charge in [-0.2, -0.15) is 0 Å². The highest BCUT2D eigenvalue weighted by molar-refractivity contribution is 5.67. The van der Waals surface area contributed by atoms with Crippen molar-refractivity contribution in [1.82, 2.24) is 9.97 Å². The van der Waals surface area contributed by atoms with Crippen molar-refractivity contribution in [3.8, 4) is 11.8 Å². The van der Waals surface area contributed by atoms with E-state index in [2.05, 4.69) is 23.8 Å². The fourth-order valence-corrected chi connectivity index (χ4v) is 4.89. The molecule has 2 aromatic heterocycles. The predicted octanol–water partition coefficient (Wildman–Crippen LogP) is 5.72.